The lowest BCUT2D eigenvalue weighted by Gasteiger charge is -2.23. The molecule has 8 heteroatoms. The molecule has 0 radical (unpaired) electrons. The van der Waals surface area contributed by atoms with Crippen LogP contribution in [0.2, 0.25) is 0 Å². The highest BCUT2D eigenvalue weighted by atomic mass is 16.4. The smallest absolute Gasteiger partial charge is 0.311 e. The third-order valence-electron chi connectivity index (χ3n) is 6.55. The van der Waals surface area contributed by atoms with Gasteiger partial charge in [0.2, 0.25) is 5.91 Å². The first kappa shape index (κ1) is 17.8. The summed E-state index contributed by atoms with van der Waals surface area (Å²) in [5.41, 5.74) is 1.82. The van der Waals surface area contributed by atoms with Crippen LogP contribution in [0.25, 0.3) is 11.0 Å². The highest BCUT2D eigenvalue weighted by Crippen LogP contribution is 2.49. The molecule has 144 valence electrons. The number of hydrogen-bond acceptors (Lipinski definition) is 4. The van der Waals surface area contributed by atoms with E-state index in [2.05, 4.69) is 10.1 Å². The van der Waals surface area contributed by atoms with E-state index in [1.165, 1.54) is 0 Å². The number of pyridine rings is 1. The summed E-state index contributed by atoms with van der Waals surface area (Å²) < 4.78 is 1.58. The molecule has 1 amide bonds. The van der Waals surface area contributed by atoms with Crippen LogP contribution in [0.4, 0.5) is 0 Å². The number of nitrogens with one attached hydrogen (secondary N) is 1. The van der Waals surface area contributed by atoms with Crippen molar-refractivity contribution in [3.8, 4) is 0 Å². The van der Waals surface area contributed by atoms with Crippen LogP contribution in [0.5, 0.6) is 0 Å². The Hall–Kier alpha value is -2.64. The van der Waals surface area contributed by atoms with Crippen molar-refractivity contribution in [3.63, 3.8) is 0 Å². The quantitative estimate of drug-likeness (QED) is 0.840. The van der Waals surface area contributed by atoms with Gasteiger partial charge in [0, 0.05) is 25.8 Å². The molecule has 0 spiro atoms. The fourth-order valence-electron chi connectivity index (χ4n) is 5.00. The molecule has 0 bridgehead atoms. The van der Waals surface area contributed by atoms with E-state index in [1.807, 2.05) is 13.8 Å². The van der Waals surface area contributed by atoms with Gasteiger partial charge in [-0.2, -0.15) is 0 Å². The molecule has 1 saturated heterocycles. The maximum atomic E-state index is 13.0. The van der Waals surface area contributed by atoms with Gasteiger partial charge in [-0.3, -0.25) is 24.2 Å². The Morgan fingerprint density at radius 2 is 2.11 bits per heavy atom. The number of H-pyrrole nitrogens is 1. The third kappa shape index (κ3) is 2.49. The van der Waals surface area contributed by atoms with Crippen LogP contribution in [0.15, 0.2) is 4.79 Å². The zero-order valence-electron chi connectivity index (χ0n) is 15.8. The molecule has 2 aromatic rings. The van der Waals surface area contributed by atoms with Crippen molar-refractivity contribution in [1.82, 2.24) is 19.7 Å². The van der Waals surface area contributed by atoms with Gasteiger partial charge in [0.25, 0.3) is 5.56 Å². The number of aryl methyl sites for hydroxylation is 3. The SMILES string of the molecule is Cc1nc2c(c(C)c1CC(=O)N1C[C@@H]3CCC[C@@]3(C(=O)O)C1)c(=O)[nH]n2C. The first-order valence-corrected chi connectivity index (χ1v) is 9.30. The maximum Gasteiger partial charge on any atom is 0.311 e. The van der Waals surface area contributed by atoms with Gasteiger partial charge in [0.1, 0.15) is 0 Å². The monoisotopic (exact) mass is 372 g/mol. The zero-order chi connectivity index (χ0) is 19.5. The van der Waals surface area contributed by atoms with Crippen molar-refractivity contribution in [1.29, 1.82) is 0 Å². The number of likely N-dealkylation sites (tertiary alicyclic amines) is 1. The second-order valence-electron chi connectivity index (χ2n) is 8.00. The molecule has 27 heavy (non-hydrogen) atoms. The largest absolute Gasteiger partial charge is 0.481 e. The van der Waals surface area contributed by atoms with Crippen LogP contribution >= 0.6 is 0 Å². The first-order chi connectivity index (χ1) is 12.7. The molecular formula is C19H24N4O4. The molecule has 1 aliphatic heterocycles. The van der Waals surface area contributed by atoms with Crippen LogP contribution in [0.3, 0.4) is 0 Å². The summed E-state index contributed by atoms with van der Waals surface area (Å²) in [4.78, 5) is 43.2. The highest BCUT2D eigenvalue weighted by Gasteiger charge is 2.55. The van der Waals surface area contributed by atoms with Gasteiger partial charge in [-0.05, 0) is 43.7 Å². The van der Waals surface area contributed by atoms with Gasteiger partial charge in [-0.15, -0.1) is 0 Å². The van der Waals surface area contributed by atoms with E-state index >= 15 is 0 Å². The van der Waals surface area contributed by atoms with Gasteiger partial charge in [0.05, 0.1) is 17.2 Å². The van der Waals surface area contributed by atoms with E-state index < -0.39 is 11.4 Å². The van der Waals surface area contributed by atoms with E-state index in [-0.39, 0.29) is 30.3 Å². The molecule has 8 nitrogen and oxygen atoms in total. The average molecular weight is 372 g/mol. The molecule has 0 aromatic carbocycles. The molecule has 2 aromatic heterocycles. The minimum atomic E-state index is -0.786. The summed E-state index contributed by atoms with van der Waals surface area (Å²) in [5, 5.41) is 12.9. The number of carboxylic acids is 1. The van der Waals surface area contributed by atoms with Gasteiger partial charge in [-0.1, -0.05) is 6.42 Å². The van der Waals surface area contributed by atoms with Gasteiger partial charge in [0.15, 0.2) is 5.65 Å². The van der Waals surface area contributed by atoms with Crippen LogP contribution in [0.1, 0.15) is 36.1 Å². The Kier molecular flexibility index (Phi) is 3.90. The van der Waals surface area contributed by atoms with E-state index in [0.717, 1.165) is 29.7 Å². The first-order valence-electron chi connectivity index (χ1n) is 9.30. The lowest BCUT2D eigenvalue weighted by molar-refractivity contribution is -0.149. The molecule has 2 atom stereocenters. The van der Waals surface area contributed by atoms with Crippen molar-refractivity contribution in [3.05, 3.63) is 27.2 Å². The van der Waals surface area contributed by atoms with Crippen molar-refractivity contribution in [2.45, 2.75) is 39.5 Å². The summed E-state index contributed by atoms with van der Waals surface area (Å²) in [7, 11) is 1.73. The van der Waals surface area contributed by atoms with Crippen LogP contribution < -0.4 is 5.56 Å². The second kappa shape index (κ2) is 5.94. The molecule has 3 heterocycles. The van der Waals surface area contributed by atoms with Crippen LogP contribution in [-0.2, 0) is 23.1 Å². The van der Waals surface area contributed by atoms with Crippen molar-refractivity contribution >= 4 is 22.9 Å². The molecule has 1 saturated carbocycles. The Morgan fingerprint density at radius 3 is 2.78 bits per heavy atom. The predicted octanol–water partition coefficient (Wildman–Crippen LogP) is 1.13. The predicted molar refractivity (Wildman–Crippen MR) is 98.5 cm³/mol. The van der Waals surface area contributed by atoms with Crippen molar-refractivity contribution < 1.29 is 14.7 Å². The molecule has 2 fully saturated rings. The fourth-order valence-corrected chi connectivity index (χ4v) is 5.00. The minimum Gasteiger partial charge on any atom is -0.481 e. The highest BCUT2D eigenvalue weighted by molar-refractivity contribution is 5.86. The number of amides is 1. The lowest BCUT2D eigenvalue weighted by atomic mass is 9.81. The molecule has 2 N–H and O–H groups in total. The third-order valence-corrected chi connectivity index (χ3v) is 6.55. The average Bonchev–Trinajstić information content (AvgIpc) is 3.23. The van der Waals surface area contributed by atoms with Gasteiger partial charge >= 0.3 is 5.97 Å². The second-order valence-corrected chi connectivity index (χ2v) is 8.00. The Balaban J connectivity index is 1.64. The molecule has 1 aliphatic carbocycles. The molecule has 2 aliphatic rings. The topological polar surface area (TPSA) is 108 Å². The molecular weight excluding hydrogens is 348 g/mol. The van der Waals surface area contributed by atoms with Crippen LogP contribution in [0, 0.1) is 25.2 Å². The number of fused-ring (bicyclic) bond motifs is 2. The Morgan fingerprint density at radius 1 is 1.37 bits per heavy atom. The van der Waals surface area contributed by atoms with E-state index in [1.54, 1.807) is 16.6 Å². The van der Waals surface area contributed by atoms with Gasteiger partial charge < -0.3 is 10.0 Å². The number of carboxylic acid groups (broad SMARTS) is 1. The summed E-state index contributed by atoms with van der Waals surface area (Å²) in [6.45, 7) is 4.46. The normalized spacial score (nSPS) is 24.6. The summed E-state index contributed by atoms with van der Waals surface area (Å²) in [6.07, 6.45) is 2.55. The Labute approximate surface area is 156 Å². The zero-order valence-corrected chi connectivity index (χ0v) is 15.8. The van der Waals surface area contributed by atoms with E-state index in [0.29, 0.717) is 24.0 Å². The number of nitrogens with zero attached hydrogens (tertiary/aromatic N) is 3. The van der Waals surface area contributed by atoms with Crippen molar-refractivity contribution in [2.24, 2.45) is 18.4 Å². The number of carbonyl (C=O) groups is 2. The fraction of sp³-hybridized carbons (Fsp3) is 0.579. The molecule has 4 rings (SSSR count). The number of aliphatic carboxylic acids is 1. The summed E-state index contributed by atoms with van der Waals surface area (Å²) in [5.74, 6) is -0.838. The van der Waals surface area contributed by atoms with E-state index in [4.69, 9.17) is 0 Å². The summed E-state index contributed by atoms with van der Waals surface area (Å²) in [6, 6.07) is 0. The molecule has 0 unspecified atom stereocenters. The number of hydrogen-bond donors (Lipinski definition) is 2. The summed E-state index contributed by atoms with van der Waals surface area (Å²) >= 11 is 0. The van der Waals surface area contributed by atoms with Gasteiger partial charge in [-0.25, -0.2) is 4.98 Å². The number of carbonyl (C=O) groups excluding carboxylic acids is 1. The van der Waals surface area contributed by atoms with Crippen molar-refractivity contribution in [2.75, 3.05) is 13.1 Å². The Bertz CT molecular complexity index is 1020. The number of aromatic nitrogens is 3. The van der Waals surface area contributed by atoms with Crippen LogP contribution in [-0.4, -0.2) is 49.7 Å². The minimum absolute atomic E-state index is 0.0405. The number of rotatable bonds is 3. The van der Waals surface area contributed by atoms with E-state index in [9.17, 15) is 19.5 Å². The standard InChI is InChI=1S/C19H24N4O4/c1-10-13(11(2)20-16-15(10)17(25)21-22(16)3)7-14(24)23-8-12-5-4-6-19(12,9-23)18(26)27/h12H,4-9H2,1-3H3,(H,21,25)(H,26,27)/t12-,19+/m0/s1. The lowest BCUT2D eigenvalue weighted by Crippen LogP contribution is -2.37. The maximum absolute atomic E-state index is 13.0. The number of aromatic amines is 1.